The van der Waals surface area contributed by atoms with Gasteiger partial charge in [0.2, 0.25) is 0 Å². The quantitative estimate of drug-likeness (QED) is 0.660. The first-order valence-electron chi connectivity index (χ1n) is 4.54. The molecule has 0 amide bonds. The predicted molar refractivity (Wildman–Crippen MR) is 55.0 cm³/mol. The molecule has 0 saturated heterocycles. The van der Waals surface area contributed by atoms with Crippen LogP contribution < -0.4 is 0 Å². The van der Waals surface area contributed by atoms with E-state index in [1.807, 2.05) is 20.8 Å². The van der Waals surface area contributed by atoms with E-state index in [9.17, 15) is 9.30 Å². The van der Waals surface area contributed by atoms with Crippen LogP contribution in [-0.2, 0) is 6.42 Å². The minimum absolute atomic E-state index is 0.0387. The lowest BCUT2D eigenvalue weighted by molar-refractivity contribution is 0.402. The molecule has 0 bridgehead atoms. The summed E-state index contributed by atoms with van der Waals surface area (Å²) in [6.45, 7) is 6.12. The largest absolute Gasteiger partial charge is 0.207 e. The van der Waals surface area contributed by atoms with Gasteiger partial charge in [-0.3, -0.25) is 0 Å². The lowest BCUT2D eigenvalue weighted by Gasteiger charge is -2.18. The van der Waals surface area contributed by atoms with Crippen LogP contribution >= 0.6 is 0 Å². The molecule has 0 spiro atoms. The Bertz CT molecular complexity index is 342. The third kappa shape index (κ3) is 2.91. The van der Waals surface area contributed by atoms with Gasteiger partial charge in [-0.2, -0.15) is 0 Å². The second kappa shape index (κ2) is 3.86. The molecule has 0 heterocycles. The van der Waals surface area contributed by atoms with Crippen molar-refractivity contribution in [1.29, 1.82) is 0 Å². The average molecular weight is 195 g/mol. The normalized spacial score (nSPS) is 11.4. The lowest BCUT2D eigenvalue weighted by atomic mass is 9.88. The highest BCUT2D eigenvalue weighted by Gasteiger charge is 2.14. The van der Waals surface area contributed by atoms with Crippen molar-refractivity contribution in [2.24, 2.45) is 10.6 Å². The summed E-state index contributed by atoms with van der Waals surface area (Å²) in [6.07, 6.45) is 0.651. The fourth-order valence-electron chi connectivity index (χ4n) is 1.31. The van der Waals surface area contributed by atoms with Gasteiger partial charge in [0.05, 0.1) is 0 Å². The summed E-state index contributed by atoms with van der Waals surface area (Å²) in [6, 6.07) is 4.34. The molecule has 14 heavy (non-hydrogen) atoms. The van der Waals surface area contributed by atoms with E-state index in [1.54, 1.807) is 6.07 Å². The number of hydrogen-bond acceptors (Lipinski definition) is 2. The van der Waals surface area contributed by atoms with Crippen molar-refractivity contribution in [3.8, 4) is 0 Å². The van der Waals surface area contributed by atoms with Gasteiger partial charge < -0.3 is 0 Å². The molecule has 0 unspecified atom stereocenters. The van der Waals surface area contributed by atoms with Gasteiger partial charge in [0, 0.05) is 6.07 Å². The molecule has 0 aliphatic rings. The highest BCUT2D eigenvalue weighted by atomic mass is 19.1. The molecule has 0 fully saturated rings. The number of nitrogens with zero attached hydrogens (tertiary/aromatic N) is 1. The van der Waals surface area contributed by atoms with Gasteiger partial charge in [-0.1, -0.05) is 26.8 Å². The summed E-state index contributed by atoms with van der Waals surface area (Å²) in [4.78, 5) is 10.1. The van der Waals surface area contributed by atoms with Crippen LogP contribution in [0, 0.1) is 16.1 Å². The van der Waals surface area contributed by atoms with E-state index in [4.69, 9.17) is 0 Å². The molecule has 0 N–H and O–H groups in total. The van der Waals surface area contributed by atoms with Gasteiger partial charge in [0.25, 0.3) is 0 Å². The fourth-order valence-corrected chi connectivity index (χ4v) is 1.31. The van der Waals surface area contributed by atoms with Crippen molar-refractivity contribution < 1.29 is 4.39 Å². The molecule has 0 radical (unpaired) electrons. The molecule has 2 nitrogen and oxygen atoms in total. The van der Waals surface area contributed by atoms with E-state index in [0.29, 0.717) is 12.0 Å². The second-order valence-electron chi connectivity index (χ2n) is 4.60. The van der Waals surface area contributed by atoms with E-state index in [1.165, 1.54) is 12.1 Å². The van der Waals surface area contributed by atoms with Crippen molar-refractivity contribution in [2.75, 3.05) is 0 Å². The molecule has 0 aromatic heterocycles. The molecule has 1 rings (SSSR count). The van der Waals surface area contributed by atoms with Gasteiger partial charge in [-0.05, 0) is 28.6 Å². The van der Waals surface area contributed by atoms with Crippen molar-refractivity contribution in [3.63, 3.8) is 0 Å². The molecule has 0 saturated carbocycles. The molecule has 1 aromatic rings. The van der Waals surface area contributed by atoms with Gasteiger partial charge >= 0.3 is 0 Å². The van der Waals surface area contributed by atoms with Gasteiger partial charge in [0.15, 0.2) is 0 Å². The Morgan fingerprint density at radius 1 is 1.36 bits per heavy atom. The molecule has 0 atom stereocenters. The molecule has 0 aliphatic carbocycles. The number of hydrogen-bond donors (Lipinski definition) is 0. The Kier molecular flexibility index (Phi) is 2.99. The maximum absolute atomic E-state index is 13.4. The average Bonchev–Trinajstić information content (AvgIpc) is 2.06. The monoisotopic (exact) mass is 195 g/mol. The highest BCUT2D eigenvalue weighted by molar-refractivity contribution is 5.39. The van der Waals surface area contributed by atoms with Crippen molar-refractivity contribution >= 4 is 5.69 Å². The molecule has 76 valence electrons. The summed E-state index contributed by atoms with van der Waals surface area (Å²) in [5.41, 5.74) is 0.807. The lowest BCUT2D eigenvalue weighted by Crippen LogP contribution is -2.10. The van der Waals surface area contributed by atoms with E-state index in [2.05, 4.69) is 5.18 Å². The Balaban J connectivity index is 2.95. The number of rotatable bonds is 2. The SMILES string of the molecule is CC(C)(C)Cc1ccc(N=O)cc1F. The van der Waals surface area contributed by atoms with Gasteiger partial charge in [0.1, 0.15) is 11.5 Å². The Hall–Kier alpha value is -1.25. The summed E-state index contributed by atoms with van der Waals surface area (Å²) < 4.78 is 13.4. The zero-order valence-electron chi connectivity index (χ0n) is 8.67. The van der Waals surface area contributed by atoms with E-state index in [-0.39, 0.29) is 16.9 Å². The minimum Gasteiger partial charge on any atom is -0.207 e. The second-order valence-corrected chi connectivity index (χ2v) is 4.60. The Morgan fingerprint density at radius 3 is 2.43 bits per heavy atom. The van der Waals surface area contributed by atoms with E-state index in [0.717, 1.165) is 0 Å². The minimum atomic E-state index is -0.350. The van der Waals surface area contributed by atoms with Crippen LogP contribution in [0.1, 0.15) is 26.3 Å². The standard InChI is InChI=1S/C11H14FNO/c1-11(2,3)7-8-4-5-9(13-14)6-10(8)12/h4-6H,7H2,1-3H3. The molecule has 1 aromatic carbocycles. The Labute approximate surface area is 83.1 Å². The van der Waals surface area contributed by atoms with Gasteiger partial charge in [-0.15, -0.1) is 4.91 Å². The molecular formula is C11H14FNO. The van der Waals surface area contributed by atoms with Crippen LogP contribution in [0.15, 0.2) is 23.4 Å². The van der Waals surface area contributed by atoms with Crippen LogP contribution in [0.5, 0.6) is 0 Å². The topological polar surface area (TPSA) is 29.4 Å². The summed E-state index contributed by atoms with van der Waals surface area (Å²) >= 11 is 0. The fraction of sp³-hybridized carbons (Fsp3) is 0.455. The summed E-state index contributed by atoms with van der Waals surface area (Å²) in [7, 11) is 0. The third-order valence-electron chi connectivity index (χ3n) is 1.86. The van der Waals surface area contributed by atoms with Crippen LogP contribution in [0.3, 0.4) is 0 Å². The van der Waals surface area contributed by atoms with Crippen molar-refractivity contribution in [3.05, 3.63) is 34.5 Å². The Morgan fingerprint density at radius 2 is 2.00 bits per heavy atom. The first-order valence-corrected chi connectivity index (χ1v) is 4.54. The number of benzene rings is 1. The van der Waals surface area contributed by atoms with Gasteiger partial charge in [-0.25, -0.2) is 4.39 Å². The highest BCUT2D eigenvalue weighted by Crippen LogP contribution is 2.24. The molecular weight excluding hydrogens is 181 g/mol. The third-order valence-corrected chi connectivity index (χ3v) is 1.86. The maximum atomic E-state index is 13.4. The number of halogens is 1. The zero-order chi connectivity index (χ0) is 10.8. The summed E-state index contributed by atoms with van der Waals surface area (Å²) in [5, 5.41) is 2.68. The number of nitroso groups, excluding NO2 is 1. The first kappa shape index (κ1) is 10.8. The van der Waals surface area contributed by atoms with Crippen LogP contribution in [-0.4, -0.2) is 0 Å². The summed E-state index contributed by atoms with van der Waals surface area (Å²) in [5.74, 6) is -0.350. The predicted octanol–water partition coefficient (Wildman–Crippen LogP) is 3.81. The smallest absolute Gasteiger partial charge is 0.128 e. The van der Waals surface area contributed by atoms with Crippen molar-refractivity contribution in [1.82, 2.24) is 0 Å². The van der Waals surface area contributed by atoms with Crippen molar-refractivity contribution in [2.45, 2.75) is 27.2 Å². The van der Waals surface area contributed by atoms with E-state index < -0.39 is 0 Å². The van der Waals surface area contributed by atoms with Crippen LogP contribution in [0.2, 0.25) is 0 Å². The first-order chi connectivity index (χ1) is 6.42. The maximum Gasteiger partial charge on any atom is 0.128 e. The van der Waals surface area contributed by atoms with Crippen LogP contribution in [0.4, 0.5) is 10.1 Å². The van der Waals surface area contributed by atoms with Crippen LogP contribution in [0.25, 0.3) is 0 Å². The molecule has 3 heteroatoms. The zero-order valence-corrected chi connectivity index (χ0v) is 8.67. The molecule has 0 aliphatic heterocycles. The van der Waals surface area contributed by atoms with E-state index >= 15 is 0 Å².